The van der Waals surface area contributed by atoms with Crippen LogP contribution in [0.3, 0.4) is 0 Å². The molecule has 0 N–H and O–H groups in total. The van der Waals surface area contributed by atoms with Crippen molar-refractivity contribution < 1.29 is 25.8 Å². The van der Waals surface area contributed by atoms with E-state index in [2.05, 4.69) is 15.8 Å². The maximum Gasteiger partial charge on any atom is 0.267 e. The molecule has 0 aromatic carbocycles. The molecule has 2 nitrogen and oxygen atoms in total. The molecule has 0 bridgehead atoms. The van der Waals surface area contributed by atoms with Crippen LogP contribution in [0.1, 0.15) is 0 Å². The van der Waals surface area contributed by atoms with Gasteiger partial charge in [0, 0.05) is 11.5 Å². The SMILES string of the molecule is [Br-].c1cc2cc3scc[n+]3cc2o1. The van der Waals surface area contributed by atoms with Crippen molar-refractivity contribution in [3.63, 3.8) is 0 Å². The highest BCUT2D eigenvalue weighted by Gasteiger charge is 2.07. The van der Waals surface area contributed by atoms with Crippen molar-refractivity contribution >= 4 is 27.1 Å². The minimum Gasteiger partial charge on any atom is -1.00 e. The van der Waals surface area contributed by atoms with Gasteiger partial charge in [0.25, 0.3) is 4.83 Å². The first-order chi connectivity index (χ1) is 5.93. The lowest BCUT2D eigenvalue weighted by Gasteiger charge is -1.82. The van der Waals surface area contributed by atoms with E-state index in [1.807, 2.05) is 18.5 Å². The smallest absolute Gasteiger partial charge is 0.267 e. The Balaban J connectivity index is 0.000000653. The molecular weight excluding hydrogens is 250 g/mol. The second-order valence-corrected chi connectivity index (χ2v) is 3.59. The van der Waals surface area contributed by atoms with Gasteiger partial charge in [-0.1, -0.05) is 11.3 Å². The zero-order valence-electron chi connectivity index (χ0n) is 6.61. The Morgan fingerprint density at radius 3 is 3.23 bits per heavy atom. The van der Waals surface area contributed by atoms with E-state index in [1.165, 1.54) is 4.83 Å². The zero-order chi connectivity index (χ0) is 7.97. The summed E-state index contributed by atoms with van der Waals surface area (Å²) in [5.41, 5.74) is 0.936. The normalized spacial score (nSPS) is 10.5. The van der Waals surface area contributed by atoms with Crippen molar-refractivity contribution in [3.8, 4) is 0 Å². The topological polar surface area (TPSA) is 17.2 Å². The van der Waals surface area contributed by atoms with E-state index < -0.39 is 0 Å². The Morgan fingerprint density at radius 1 is 1.38 bits per heavy atom. The van der Waals surface area contributed by atoms with Gasteiger partial charge in [-0.05, 0) is 6.07 Å². The number of hydrogen-bond acceptors (Lipinski definition) is 2. The van der Waals surface area contributed by atoms with E-state index in [0.29, 0.717) is 0 Å². The molecule has 3 rings (SSSR count). The van der Waals surface area contributed by atoms with Gasteiger partial charge in [0.2, 0.25) is 6.20 Å². The van der Waals surface area contributed by atoms with Crippen LogP contribution < -0.4 is 21.4 Å². The molecule has 0 saturated carbocycles. The molecular formula is C9H6BrNOS. The minimum absolute atomic E-state index is 0. The van der Waals surface area contributed by atoms with Crippen LogP contribution in [0.5, 0.6) is 0 Å². The number of thiazole rings is 1. The first kappa shape index (κ1) is 8.72. The van der Waals surface area contributed by atoms with Crippen LogP contribution in [0, 0.1) is 0 Å². The van der Waals surface area contributed by atoms with Gasteiger partial charge in [-0.3, -0.25) is 0 Å². The summed E-state index contributed by atoms with van der Waals surface area (Å²) >= 11 is 1.73. The number of furan rings is 1. The Kier molecular flexibility index (Phi) is 2.09. The number of rotatable bonds is 0. The summed E-state index contributed by atoms with van der Waals surface area (Å²) in [7, 11) is 0. The van der Waals surface area contributed by atoms with Crippen LogP contribution in [0.25, 0.3) is 15.8 Å². The monoisotopic (exact) mass is 255 g/mol. The number of hydrogen-bond donors (Lipinski definition) is 0. The Labute approximate surface area is 89.2 Å². The van der Waals surface area contributed by atoms with Crippen molar-refractivity contribution in [1.29, 1.82) is 0 Å². The minimum atomic E-state index is 0. The van der Waals surface area contributed by atoms with E-state index in [9.17, 15) is 0 Å². The summed E-state index contributed by atoms with van der Waals surface area (Å²) in [6.07, 6.45) is 5.75. The Bertz CT molecular complexity index is 452. The lowest BCUT2D eigenvalue weighted by molar-refractivity contribution is -0.506. The first-order valence-corrected chi connectivity index (χ1v) is 4.57. The molecule has 0 atom stereocenters. The summed E-state index contributed by atoms with van der Waals surface area (Å²) in [5.74, 6) is 0. The highest BCUT2D eigenvalue weighted by atomic mass is 79.9. The molecule has 3 aromatic rings. The van der Waals surface area contributed by atoms with Crippen molar-refractivity contribution in [3.05, 3.63) is 36.2 Å². The fourth-order valence-electron chi connectivity index (χ4n) is 1.33. The van der Waals surface area contributed by atoms with Crippen molar-refractivity contribution in [1.82, 2.24) is 0 Å². The lowest BCUT2D eigenvalue weighted by atomic mass is 10.3. The number of fused-ring (bicyclic) bond motifs is 2. The molecule has 0 aliphatic carbocycles. The second-order valence-electron chi connectivity index (χ2n) is 2.66. The summed E-state index contributed by atoms with van der Waals surface area (Å²) in [6, 6.07) is 4.11. The standard InChI is InChI=1S/C9H6NOS.BrH/c1-3-11-8-6-10-2-4-12-9(10)5-7(1)8;/h1-6H;1H/q+1;/p-1. The lowest BCUT2D eigenvalue weighted by Crippen LogP contribution is -3.00. The second kappa shape index (κ2) is 3.12. The first-order valence-electron chi connectivity index (χ1n) is 3.69. The van der Waals surface area contributed by atoms with Gasteiger partial charge in [0.05, 0.1) is 11.6 Å². The third-order valence-corrected chi connectivity index (χ3v) is 2.76. The van der Waals surface area contributed by atoms with Gasteiger partial charge >= 0.3 is 0 Å². The van der Waals surface area contributed by atoms with Gasteiger partial charge in [-0.25, -0.2) is 0 Å². The summed E-state index contributed by atoms with van der Waals surface area (Å²) in [6.45, 7) is 0. The molecule has 0 radical (unpaired) electrons. The van der Waals surface area contributed by atoms with Crippen LogP contribution in [0.2, 0.25) is 0 Å². The number of aromatic nitrogens is 1. The van der Waals surface area contributed by atoms with E-state index in [1.54, 1.807) is 17.6 Å². The van der Waals surface area contributed by atoms with Gasteiger partial charge < -0.3 is 21.4 Å². The van der Waals surface area contributed by atoms with Crippen LogP contribution >= 0.6 is 11.3 Å². The highest BCUT2D eigenvalue weighted by molar-refractivity contribution is 7.15. The average molecular weight is 256 g/mol. The maximum absolute atomic E-state index is 5.28. The molecule has 0 fully saturated rings. The fourth-order valence-corrected chi connectivity index (χ4v) is 2.09. The van der Waals surface area contributed by atoms with Crippen LogP contribution in [-0.4, -0.2) is 0 Å². The maximum atomic E-state index is 5.28. The Hall–Kier alpha value is -0.870. The van der Waals surface area contributed by atoms with Gasteiger partial charge in [0.15, 0.2) is 11.8 Å². The third-order valence-electron chi connectivity index (χ3n) is 1.93. The van der Waals surface area contributed by atoms with E-state index >= 15 is 0 Å². The van der Waals surface area contributed by atoms with E-state index in [0.717, 1.165) is 11.0 Å². The number of halogens is 1. The number of nitrogens with zero attached hydrogens (tertiary/aromatic N) is 1. The average Bonchev–Trinajstić information content (AvgIpc) is 2.64. The molecule has 66 valence electrons. The predicted molar refractivity (Wildman–Crippen MR) is 47.3 cm³/mol. The van der Waals surface area contributed by atoms with E-state index in [-0.39, 0.29) is 17.0 Å². The summed E-state index contributed by atoms with van der Waals surface area (Å²) in [4.78, 5) is 1.24. The molecule has 13 heavy (non-hydrogen) atoms. The molecule has 3 heterocycles. The third kappa shape index (κ3) is 1.26. The molecule has 0 amide bonds. The molecule has 0 aliphatic heterocycles. The summed E-state index contributed by atoms with van der Waals surface area (Å²) in [5, 5.41) is 3.23. The molecule has 3 aromatic heterocycles. The van der Waals surface area contributed by atoms with Crippen molar-refractivity contribution in [2.45, 2.75) is 0 Å². The predicted octanol–water partition coefficient (Wildman–Crippen LogP) is -0.763. The molecule has 0 spiro atoms. The fraction of sp³-hybridized carbons (Fsp3) is 0. The van der Waals surface area contributed by atoms with Crippen LogP contribution in [-0.2, 0) is 0 Å². The highest BCUT2D eigenvalue weighted by Crippen LogP contribution is 2.16. The largest absolute Gasteiger partial charge is 1.00 e. The molecule has 4 heteroatoms. The molecule has 0 saturated heterocycles. The number of pyridine rings is 1. The van der Waals surface area contributed by atoms with Crippen molar-refractivity contribution in [2.75, 3.05) is 0 Å². The zero-order valence-corrected chi connectivity index (χ0v) is 9.01. The van der Waals surface area contributed by atoms with Gasteiger partial charge in [-0.2, -0.15) is 4.40 Å². The molecule has 0 unspecified atom stereocenters. The Morgan fingerprint density at radius 2 is 2.31 bits per heavy atom. The molecule has 0 aliphatic rings. The summed E-state index contributed by atoms with van der Waals surface area (Å²) < 4.78 is 7.35. The van der Waals surface area contributed by atoms with Gasteiger partial charge in [0.1, 0.15) is 0 Å². The van der Waals surface area contributed by atoms with Crippen molar-refractivity contribution in [2.24, 2.45) is 0 Å². The quantitative estimate of drug-likeness (QED) is 0.483. The van der Waals surface area contributed by atoms with Gasteiger partial charge in [-0.15, -0.1) is 0 Å². The van der Waals surface area contributed by atoms with Crippen LogP contribution in [0.4, 0.5) is 0 Å². The van der Waals surface area contributed by atoms with E-state index in [4.69, 9.17) is 4.42 Å². The van der Waals surface area contributed by atoms with Crippen LogP contribution in [0.15, 0.2) is 40.6 Å².